The minimum Gasteiger partial charge on any atom is -0.352 e. The number of amides is 1. The molecule has 1 aliphatic carbocycles. The van der Waals surface area contributed by atoms with E-state index in [0.717, 1.165) is 31.2 Å². The van der Waals surface area contributed by atoms with Crippen molar-refractivity contribution >= 4 is 15.9 Å². The quantitative estimate of drug-likeness (QED) is 0.902. The maximum Gasteiger partial charge on any atom is 0.242 e. The Bertz CT molecular complexity index is 603. The first-order chi connectivity index (χ1) is 10.4. The van der Waals surface area contributed by atoms with Gasteiger partial charge in [-0.2, -0.15) is 0 Å². The second kappa shape index (κ2) is 7.24. The van der Waals surface area contributed by atoms with Crippen molar-refractivity contribution in [1.29, 1.82) is 0 Å². The Kier molecular flexibility index (Phi) is 5.58. The molecule has 0 aliphatic heterocycles. The highest BCUT2D eigenvalue weighted by molar-refractivity contribution is 7.89. The summed E-state index contributed by atoms with van der Waals surface area (Å²) in [4.78, 5) is 12.3. The monoisotopic (exact) mass is 324 g/mol. The molecule has 0 heterocycles. The van der Waals surface area contributed by atoms with Gasteiger partial charge in [-0.1, -0.05) is 31.4 Å². The lowest BCUT2D eigenvalue weighted by Gasteiger charge is -2.20. The number of nitrogens with zero attached hydrogens (tertiary/aromatic N) is 1. The van der Waals surface area contributed by atoms with Crippen LogP contribution in [0.1, 0.15) is 37.7 Å². The largest absolute Gasteiger partial charge is 0.352 e. The first-order valence-electron chi connectivity index (χ1n) is 7.70. The van der Waals surface area contributed by atoms with Crippen LogP contribution in [0.3, 0.4) is 0 Å². The summed E-state index contributed by atoms with van der Waals surface area (Å²) < 4.78 is 25.1. The second-order valence-corrected chi connectivity index (χ2v) is 8.14. The highest BCUT2D eigenvalue weighted by Crippen LogP contribution is 2.23. The molecular formula is C16H24N2O3S. The zero-order valence-corrected chi connectivity index (χ0v) is 14.0. The van der Waals surface area contributed by atoms with Crippen molar-refractivity contribution in [3.8, 4) is 0 Å². The third-order valence-corrected chi connectivity index (χ3v) is 5.97. The molecule has 0 unspecified atom stereocenters. The maximum absolute atomic E-state index is 12.1. The Balaban J connectivity index is 1.93. The van der Waals surface area contributed by atoms with Gasteiger partial charge in [-0.25, -0.2) is 12.7 Å². The first kappa shape index (κ1) is 17.0. The van der Waals surface area contributed by atoms with Gasteiger partial charge >= 0.3 is 0 Å². The summed E-state index contributed by atoms with van der Waals surface area (Å²) in [5.41, 5.74) is 0.905. The highest BCUT2D eigenvalue weighted by atomic mass is 32.2. The van der Waals surface area contributed by atoms with E-state index in [-0.39, 0.29) is 16.7 Å². The van der Waals surface area contributed by atoms with Crippen LogP contribution in [0.4, 0.5) is 0 Å². The lowest BCUT2D eigenvalue weighted by Crippen LogP contribution is -2.31. The van der Waals surface area contributed by atoms with Crippen molar-refractivity contribution in [3.05, 3.63) is 29.8 Å². The predicted molar refractivity (Wildman–Crippen MR) is 85.7 cm³/mol. The summed E-state index contributed by atoms with van der Waals surface area (Å²) >= 11 is 0. The van der Waals surface area contributed by atoms with Gasteiger partial charge in [0.2, 0.25) is 15.9 Å². The minimum absolute atomic E-state index is 0.115. The zero-order chi connectivity index (χ0) is 16.2. The van der Waals surface area contributed by atoms with Gasteiger partial charge in [-0.15, -0.1) is 0 Å². The Morgan fingerprint density at radius 2 is 1.73 bits per heavy atom. The lowest BCUT2D eigenvalue weighted by atomic mass is 9.88. The third-order valence-electron chi connectivity index (χ3n) is 4.14. The Labute approximate surface area is 132 Å². The molecule has 0 atom stereocenters. The fourth-order valence-electron chi connectivity index (χ4n) is 2.69. The van der Waals surface area contributed by atoms with E-state index in [1.165, 1.54) is 24.8 Å². The molecule has 0 aromatic heterocycles. The molecule has 0 saturated heterocycles. The van der Waals surface area contributed by atoms with Gasteiger partial charge in [0.05, 0.1) is 4.90 Å². The molecule has 122 valence electrons. The van der Waals surface area contributed by atoms with E-state index in [1.807, 2.05) is 0 Å². The molecule has 1 amide bonds. The number of hydrogen-bond donors (Lipinski definition) is 1. The highest BCUT2D eigenvalue weighted by Gasteiger charge is 2.21. The molecule has 1 N–H and O–H groups in total. The number of benzene rings is 1. The van der Waals surface area contributed by atoms with Gasteiger partial charge in [0.25, 0.3) is 0 Å². The van der Waals surface area contributed by atoms with Crippen molar-refractivity contribution in [2.24, 2.45) is 5.92 Å². The van der Waals surface area contributed by atoms with Crippen molar-refractivity contribution < 1.29 is 13.2 Å². The summed E-state index contributed by atoms with van der Waals surface area (Å²) in [6.07, 6.45) is 5.45. The van der Waals surface area contributed by atoms with Crippen LogP contribution >= 0.6 is 0 Å². The molecule has 1 aromatic rings. The average molecular weight is 324 g/mol. The SMILES string of the molecule is CN(C)S(=O)(=O)c1ccc(CNC(=O)C2CCCCC2)cc1. The first-order valence-corrected chi connectivity index (χ1v) is 9.14. The number of hydrogen-bond acceptors (Lipinski definition) is 3. The number of rotatable bonds is 5. The van der Waals surface area contributed by atoms with Crippen LogP contribution in [0.15, 0.2) is 29.2 Å². The summed E-state index contributed by atoms with van der Waals surface area (Å²) in [6, 6.07) is 6.66. The van der Waals surface area contributed by atoms with Gasteiger partial charge in [-0.05, 0) is 30.5 Å². The number of nitrogens with one attached hydrogen (secondary N) is 1. The van der Waals surface area contributed by atoms with Crippen molar-refractivity contribution in [1.82, 2.24) is 9.62 Å². The Morgan fingerprint density at radius 3 is 2.27 bits per heavy atom. The zero-order valence-electron chi connectivity index (χ0n) is 13.2. The fraction of sp³-hybridized carbons (Fsp3) is 0.562. The predicted octanol–water partition coefficient (Wildman–Crippen LogP) is 2.13. The van der Waals surface area contributed by atoms with E-state index in [4.69, 9.17) is 0 Å². The number of carbonyl (C=O) groups excluding carboxylic acids is 1. The summed E-state index contributed by atoms with van der Waals surface area (Å²) in [6.45, 7) is 0.442. The average Bonchev–Trinajstić information content (AvgIpc) is 2.53. The second-order valence-electron chi connectivity index (χ2n) is 5.98. The van der Waals surface area contributed by atoms with Crippen LogP contribution in [0, 0.1) is 5.92 Å². The summed E-state index contributed by atoms with van der Waals surface area (Å²) in [5.74, 6) is 0.256. The molecule has 2 rings (SSSR count). The summed E-state index contributed by atoms with van der Waals surface area (Å²) in [5, 5.41) is 2.95. The molecule has 1 saturated carbocycles. The normalized spacial score (nSPS) is 16.7. The van der Waals surface area contributed by atoms with Crippen molar-refractivity contribution in [2.45, 2.75) is 43.5 Å². The molecule has 1 aromatic carbocycles. The van der Waals surface area contributed by atoms with Crippen LogP contribution < -0.4 is 5.32 Å². The van der Waals surface area contributed by atoms with E-state index < -0.39 is 10.0 Å². The third kappa shape index (κ3) is 4.08. The van der Waals surface area contributed by atoms with E-state index >= 15 is 0 Å². The van der Waals surface area contributed by atoms with Crippen LogP contribution in [0.2, 0.25) is 0 Å². The molecule has 0 bridgehead atoms. The summed E-state index contributed by atoms with van der Waals surface area (Å²) in [7, 11) is -0.381. The van der Waals surface area contributed by atoms with E-state index in [0.29, 0.717) is 6.54 Å². The standard InChI is InChI=1S/C16H24N2O3S/c1-18(2)22(20,21)15-10-8-13(9-11-15)12-17-16(19)14-6-4-3-5-7-14/h8-11,14H,3-7,12H2,1-2H3,(H,17,19). The molecule has 5 nitrogen and oxygen atoms in total. The van der Waals surface area contributed by atoms with Crippen LogP contribution in [-0.4, -0.2) is 32.7 Å². The van der Waals surface area contributed by atoms with Gasteiger partial charge in [0, 0.05) is 26.6 Å². The van der Waals surface area contributed by atoms with E-state index in [9.17, 15) is 13.2 Å². The molecule has 1 fully saturated rings. The molecule has 0 radical (unpaired) electrons. The van der Waals surface area contributed by atoms with E-state index in [2.05, 4.69) is 5.32 Å². The van der Waals surface area contributed by atoms with E-state index in [1.54, 1.807) is 24.3 Å². The van der Waals surface area contributed by atoms with Gasteiger partial charge in [0.1, 0.15) is 0 Å². The lowest BCUT2D eigenvalue weighted by molar-refractivity contribution is -0.126. The number of carbonyl (C=O) groups is 1. The minimum atomic E-state index is -3.40. The van der Waals surface area contributed by atoms with Gasteiger partial charge in [-0.3, -0.25) is 4.79 Å². The maximum atomic E-state index is 12.1. The van der Waals surface area contributed by atoms with Gasteiger partial charge in [0.15, 0.2) is 0 Å². The van der Waals surface area contributed by atoms with Crippen LogP contribution in [0.5, 0.6) is 0 Å². The Hall–Kier alpha value is -1.40. The van der Waals surface area contributed by atoms with Gasteiger partial charge < -0.3 is 5.32 Å². The van der Waals surface area contributed by atoms with Crippen LogP contribution in [0.25, 0.3) is 0 Å². The smallest absolute Gasteiger partial charge is 0.242 e. The van der Waals surface area contributed by atoms with Crippen LogP contribution in [-0.2, 0) is 21.4 Å². The number of sulfonamides is 1. The molecule has 22 heavy (non-hydrogen) atoms. The Morgan fingerprint density at radius 1 is 1.14 bits per heavy atom. The fourth-order valence-corrected chi connectivity index (χ4v) is 3.59. The molecule has 6 heteroatoms. The molecular weight excluding hydrogens is 300 g/mol. The molecule has 0 spiro atoms. The van der Waals surface area contributed by atoms with Crippen molar-refractivity contribution in [2.75, 3.05) is 14.1 Å². The molecule has 1 aliphatic rings. The topological polar surface area (TPSA) is 66.5 Å². The van der Waals surface area contributed by atoms with Crippen molar-refractivity contribution in [3.63, 3.8) is 0 Å².